The lowest BCUT2D eigenvalue weighted by molar-refractivity contribution is -0.138. The second-order valence-corrected chi connectivity index (χ2v) is 3.18. The van der Waals surface area contributed by atoms with Crippen molar-refractivity contribution in [2.24, 2.45) is 5.73 Å². The first-order chi connectivity index (χ1) is 6.97. The molecule has 5 heteroatoms. The number of hydrogen-bond acceptors (Lipinski definition) is 3. The van der Waals surface area contributed by atoms with Crippen molar-refractivity contribution in [2.45, 2.75) is 19.4 Å². The Morgan fingerprint density at radius 2 is 2.20 bits per heavy atom. The summed E-state index contributed by atoms with van der Waals surface area (Å²) in [6.45, 7) is 1.79. The van der Waals surface area contributed by atoms with Crippen molar-refractivity contribution >= 4 is 5.97 Å². The summed E-state index contributed by atoms with van der Waals surface area (Å²) in [7, 11) is 0. The summed E-state index contributed by atoms with van der Waals surface area (Å²) in [5.74, 6) is -2.85. The molecule has 0 heterocycles. The van der Waals surface area contributed by atoms with Crippen LogP contribution in [0, 0.1) is 5.82 Å². The number of hydrogen-bond donors (Lipinski definition) is 3. The summed E-state index contributed by atoms with van der Waals surface area (Å²) in [6.07, 6.45) is 0.538. The smallest absolute Gasteiger partial charge is 0.325 e. The third-order valence-corrected chi connectivity index (χ3v) is 2.16. The number of aliphatic carboxylic acids is 1. The zero-order chi connectivity index (χ0) is 11.6. The summed E-state index contributed by atoms with van der Waals surface area (Å²) in [4.78, 5) is 10.6. The van der Waals surface area contributed by atoms with E-state index >= 15 is 0 Å². The van der Waals surface area contributed by atoms with Crippen molar-refractivity contribution in [3.8, 4) is 5.75 Å². The molecule has 1 aromatic carbocycles. The first-order valence-corrected chi connectivity index (χ1v) is 4.47. The Bertz CT molecular complexity index is 392. The van der Waals surface area contributed by atoms with Gasteiger partial charge in [0.15, 0.2) is 11.6 Å². The second-order valence-electron chi connectivity index (χ2n) is 3.18. The fourth-order valence-corrected chi connectivity index (χ4v) is 1.25. The average Bonchev–Trinajstić information content (AvgIpc) is 2.20. The van der Waals surface area contributed by atoms with Crippen LogP contribution in [0.4, 0.5) is 4.39 Å². The van der Waals surface area contributed by atoms with E-state index in [9.17, 15) is 14.3 Å². The highest BCUT2D eigenvalue weighted by Gasteiger charge is 2.21. The molecule has 0 radical (unpaired) electrons. The molecule has 4 nitrogen and oxygen atoms in total. The van der Waals surface area contributed by atoms with Gasteiger partial charge in [-0.05, 0) is 24.1 Å². The molecule has 0 aliphatic heterocycles. The quantitative estimate of drug-likeness (QED) is 0.703. The number of aromatic hydroxyl groups is 1. The van der Waals surface area contributed by atoms with Crippen molar-refractivity contribution in [1.29, 1.82) is 0 Å². The Morgan fingerprint density at radius 3 is 2.67 bits per heavy atom. The van der Waals surface area contributed by atoms with Gasteiger partial charge in [0.05, 0.1) is 0 Å². The summed E-state index contributed by atoms with van der Waals surface area (Å²) >= 11 is 0. The van der Waals surface area contributed by atoms with Gasteiger partial charge in [-0.3, -0.25) is 4.79 Å². The normalized spacial score (nSPS) is 12.5. The molecular formula is C10H12FNO3. The zero-order valence-electron chi connectivity index (χ0n) is 8.20. The average molecular weight is 213 g/mol. The monoisotopic (exact) mass is 213 g/mol. The van der Waals surface area contributed by atoms with Crippen LogP contribution in [0.15, 0.2) is 12.1 Å². The van der Waals surface area contributed by atoms with Crippen LogP contribution in [-0.2, 0) is 11.2 Å². The van der Waals surface area contributed by atoms with E-state index in [0.717, 1.165) is 6.07 Å². The Hall–Kier alpha value is -1.62. The topological polar surface area (TPSA) is 83.5 Å². The van der Waals surface area contributed by atoms with Gasteiger partial charge in [-0.2, -0.15) is 0 Å². The van der Waals surface area contributed by atoms with E-state index in [1.165, 1.54) is 6.07 Å². The van der Waals surface area contributed by atoms with Crippen molar-refractivity contribution in [2.75, 3.05) is 0 Å². The zero-order valence-corrected chi connectivity index (χ0v) is 8.20. The minimum Gasteiger partial charge on any atom is -0.505 e. The van der Waals surface area contributed by atoms with Crippen LogP contribution in [0.5, 0.6) is 5.75 Å². The van der Waals surface area contributed by atoms with Gasteiger partial charge < -0.3 is 15.9 Å². The van der Waals surface area contributed by atoms with Crippen molar-refractivity contribution < 1.29 is 19.4 Å². The van der Waals surface area contributed by atoms with Crippen LogP contribution in [0.2, 0.25) is 0 Å². The number of nitrogens with two attached hydrogens (primary N) is 1. The van der Waals surface area contributed by atoms with Gasteiger partial charge in [0, 0.05) is 5.56 Å². The number of benzene rings is 1. The molecule has 15 heavy (non-hydrogen) atoms. The van der Waals surface area contributed by atoms with E-state index in [1.54, 1.807) is 6.92 Å². The van der Waals surface area contributed by atoms with Crippen molar-refractivity contribution in [1.82, 2.24) is 0 Å². The Morgan fingerprint density at radius 1 is 1.60 bits per heavy atom. The van der Waals surface area contributed by atoms with Crippen molar-refractivity contribution in [3.63, 3.8) is 0 Å². The van der Waals surface area contributed by atoms with E-state index in [0.29, 0.717) is 12.0 Å². The van der Waals surface area contributed by atoms with Crippen LogP contribution in [0.25, 0.3) is 0 Å². The Kier molecular flexibility index (Phi) is 3.26. The molecule has 1 atom stereocenters. The molecule has 0 saturated carbocycles. The van der Waals surface area contributed by atoms with Gasteiger partial charge in [0.25, 0.3) is 0 Å². The van der Waals surface area contributed by atoms with Gasteiger partial charge >= 0.3 is 5.97 Å². The van der Waals surface area contributed by atoms with Gasteiger partial charge in [-0.15, -0.1) is 0 Å². The fourth-order valence-electron chi connectivity index (χ4n) is 1.25. The van der Waals surface area contributed by atoms with Crippen LogP contribution in [0.3, 0.4) is 0 Å². The summed E-state index contributed by atoms with van der Waals surface area (Å²) < 4.78 is 13.2. The van der Waals surface area contributed by atoms with Crippen LogP contribution < -0.4 is 5.73 Å². The van der Waals surface area contributed by atoms with E-state index in [2.05, 4.69) is 0 Å². The molecule has 0 fully saturated rings. The lowest BCUT2D eigenvalue weighted by atomic mass is 10.0. The molecule has 0 amide bonds. The number of aryl methyl sites for hydroxylation is 1. The van der Waals surface area contributed by atoms with E-state index in [-0.39, 0.29) is 5.56 Å². The number of phenols is 1. The highest BCUT2D eigenvalue weighted by molar-refractivity contribution is 5.76. The highest BCUT2D eigenvalue weighted by atomic mass is 19.1. The molecule has 4 N–H and O–H groups in total. The number of rotatable bonds is 3. The molecule has 0 saturated heterocycles. The molecule has 0 spiro atoms. The van der Waals surface area contributed by atoms with Crippen LogP contribution >= 0.6 is 0 Å². The molecule has 0 aliphatic rings. The molecule has 82 valence electrons. The standard InChI is InChI=1S/C10H12FNO3/c1-2-5-3-6(8(12)10(14)15)9(13)7(11)4-5/h3-4,8,13H,2,12H2,1H3,(H,14,15). The summed E-state index contributed by atoms with van der Waals surface area (Å²) in [6, 6.07) is 1.15. The van der Waals surface area contributed by atoms with Crippen LogP contribution in [-0.4, -0.2) is 16.2 Å². The molecule has 1 unspecified atom stereocenters. The van der Waals surface area contributed by atoms with Gasteiger partial charge in [0.2, 0.25) is 0 Å². The number of carboxylic acids is 1. The van der Waals surface area contributed by atoms with E-state index in [1.807, 2.05) is 0 Å². The lowest BCUT2D eigenvalue weighted by Crippen LogP contribution is -2.21. The van der Waals surface area contributed by atoms with Gasteiger partial charge in [-0.25, -0.2) is 4.39 Å². The van der Waals surface area contributed by atoms with Crippen molar-refractivity contribution in [3.05, 3.63) is 29.1 Å². The van der Waals surface area contributed by atoms with Gasteiger partial charge in [0.1, 0.15) is 6.04 Å². The first kappa shape index (κ1) is 11.5. The predicted molar refractivity (Wildman–Crippen MR) is 52.0 cm³/mol. The van der Waals surface area contributed by atoms with Gasteiger partial charge in [-0.1, -0.05) is 6.92 Å². The molecule has 0 aliphatic carbocycles. The van der Waals surface area contributed by atoms with Crippen LogP contribution in [0.1, 0.15) is 24.1 Å². The lowest BCUT2D eigenvalue weighted by Gasteiger charge is -2.11. The number of halogens is 1. The molecule has 0 bridgehead atoms. The van der Waals surface area contributed by atoms with E-state index in [4.69, 9.17) is 10.8 Å². The maximum absolute atomic E-state index is 13.2. The minimum absolute atomic E-state index is 0.0978. The number of carbonyl (C=O) groups is 1. The maximum atomic E-state index is 13.2. The third-order valence-electron chi connectivity index (χ3n) is 2.16. The number of phenolic OH excluding ortho intramolecular Hbond substituents is 1. The molecule has 1 aromatic rings. The second kappa shape index (κ2) is 4.27. The fraction of sp³-hybridized carbons (Fsp3) is 0.300. The maximum Gasteiger partial charge on any atom is 0.325 e. The summed E-state index contributed by atoms with van der Waals surface area (Å²) in [5.41, 5.74) is 5.80. The highest BCUT2D eigenvalue weighted by Crippen LogP contribution is 2.27. The Labute approximate surface area is 86.1 Å². The number of carboxylic acid groups (broad SMARTS) is 1. The largest absolute Gasteiger partial charge is 0.505 e. The third kappa shape index (κ3) is 2.24. The molecule has 0 aromatic heterocycles. The SMILES string of the molecule is CCc1cc(F)c(O)c(C(N)C(=O)O)c1. The summed E-state index contributed by atoms with van der Waals surface area (Å²) in [5, 5.41) is 18.0. The Balaban J connectivity index is 3.27. The predicted octanol–water partition coefficient (Wildman–Crippen LogP) is 1.18. The molecule has 1 rings (SSSR count). The molecular weight excluding hydrogens is 201 g/mol. The van der Waals surface area contributed by atoms with E-state index < -0.39 is 23.6 Å². The minimum atomic E-state index is -1.41. The first-order valence-electron chi connectivity index (χ1n) is 4.47.